The van der Waals surface area contributed by atoms with Crippen LogP contribution >= 0.6 is 0 Å². The highest BCUT2D eigenvalue weighted by Crippen LogP contribution is 2.49. The predicted octanol–water partition coefficient (Wildman–Crippen LogP) is 4.99. The van der Waals surface area contributed by atoms with Gasteiger partial charge >= 0.3 is 12.4 Å². The largest absolute Gasteiger partial charge is 0.433 e. The first-order chi connectivity index (χ1) is 16.6. The maximum atomic E-state index is 13.6. The van der Waals surface area contributed by atoms with Crippen LogP contribution in [0, 0.1) is 17.3 Å². The minimum atomic E-state index is -5.26. The number of aromatic nitrogens is 1. The van der Waals surface area contributed by atoms with Gasteiger partial charge < -0.3 is 11.1 Å². The number of sulfone groups is 1. The van der Waals surface area contributed by atoms with Gasteiger partial charge in [0.1, 0.15) is 11.5 Å². The number of amides is 1. The SMILES string of the molecule is Nc1nc(C(F)(F)F)cc(C(F)(F)F)c1C(=O)NCC1(CC2CC2)CCC(S(=O)(=O)CC2CC2)CC1. The van der Waals surface area contributed by atoms with Gasteiger partial charge in [0.25, 0.3) is 5.91 Å². The summed E-state index contributed by atoms with van der Waals surface area (Å²) in [5.41, 5.74) is 0.155. The molecular formula is C23H29F6N3O3S. The molecule has 0 unspecified atom stereocenters. The molecule has 3 aliphatic rings. The van der Waals surface area contributed by atoms with Crippen LogP contribution in [0.1, 0.15) is 79.4 Å². The Morgan fingerprint density at radius 1 is 1.00 bits per heavy atom. The van der Waals surface area contributed by atoms with E-state index in [2.05, 4.69) is 10.3 Å². The van der Waals surface area contributed by atoms with E-state index in [0.717, 1.165) is 25.7 Å². The van der Waals surface area contributed by atoms with Crippen molar-refractivity contribution in [1.82, 2.24) is 10.3 Å². The summed E-state index contributed by atoms with van der Waals surface area (Å²) in [6.45, 7) is -0.0184. The Hall–Kier alpha value is -2.05. The highest BCUT2D eigenvalue weighted by Gasteiger charge is 2.45. The van der Waals surface area contributed by atoms with E-state index in [1.807, 2.05) is 0 Å². The molecule has 0 aliphatic heterocycles. The monoisotopic (exact) mass is 541 g/mol. The first kappa shape index (κ1) is 27.0. The van der Waals surface area contributed by atoms with Gasteiger partial charge in [-0.15, -0.1) is 0 Å². The molecule has 1 amide bonds. The summed E-state index contributed by atoms with van der Waals surface area (Å²) >= 11 is 0. The van der Waals surface area contributed by atoms with Gasteiger partial charge in [0.2, 0.25) is 0 Å². The Bertz CT molecular complexity index is 1100. The van der Waals surface area contributed by atoms with Crippen LogP contribution in [0.2, 0.25) is 0 Å². The molecule has 3 saturated carbocycles. The van der Waals surface area contributed by atoms with Crippen molar-refractivity contribution in [1.29, 1.82) is 0 Å². The van der Waals surface area contributed by atoms with Crippen LogP contribution in [0.3, 0.4) is 0 Å². The molecule has 3 aliphatic carbocycles. The zero-order valence-corrected chi connectivity index (χ0v) is 20.3. The van der Waals surface area contributed by atoms with Gasteiger partial charge in [-0.1, -0.05) is 12.8 Å². The fourth-order valence-corrected chi connectivity index (χ4v) is 7.44. The molecule has 202 valence electrons. The number of hydrogen-bond acceptors (Lipinski definition) is 5. The van der Waals surface area contributed by atoms with Crippen LogP contribution in [-0.4, -0.2) is 36.9 Å². The molecule has 13 heteroatoms. The quantitative estimate of drug-likeness (QED) is 0.452. The number of carbonyl (C=O) groups excluding carboxylic acids is 1. The van der Waals surface area contributed by atoms with E-state index in [1.165, 1.54) is 0 Å². The molecule has 4 rings (SSSR count). The summed E-state index contributed by atoms with van der Waals surface area (Å²) < 4.78 is 105. The summed E-state index contributed by atoms with van der Waals surface area (Å²) in [7, 11) is -3.23. The van der Waals surface area contributed by atoms with Gasteiger partial charge in [0.05, 0.1) is 22.1 Å². The zero-order chi connectivity index (χ0) is 26.5. The summed E-state index contributed by atoms with van der Waals surface area (Å²) in [5, 5.41) is 2.00. The molecule has 1 aromatic heterocycles. The van der Waals surface area contributed by atoms with Crippen molar-refractivity contribution in [2.24, 2.45) is 17.3 Å². The third-order valence-corrected chi connectivity index (χ3v) is 10.0. The maximum Gasteiger partial charge on any atom is 0.433 e. The van der Waals surface area contributed by atoms with E-state index in [0.29, 0.717) is 38.0 Å². The second kappa shape index (κ2) is 9.36. The summed E-state index contributed by atoms with van der Waals surface area (Å²) in [5.74, 6) is -1.58. The average molecular weight is 542 g/mol. The van der Waals surface area contributed by atoms with Crippen molar-refractivity contribution in [3.8, 4) is 0 Å². The van der Waals surface area contributed by atoms with Crippen molar-refractivity contribution in [2.45, 2.75) is 75.4 Å². The summed E-state index contributed by atoms with van der Waals surface area (Å²) in [6.07, 6.45) is -4.09. The molecule has 0 bridgehead atoms. The Morgan fingerprint density at radius 2 is 1.58 bits per heavy atom. The first-order valence-electron chi connectivity index (χ1n) is 12.0. The van der Waals surface area contributed by atoms with Crippen LogP contribution in [0.4, 0.5) is 32.2 Å². The number of carbonyl (C=O) groups is 1. The smallest absolute Gasteiger partial charge is 0.383 e. The van der Waals surface area contributed by atoms with E-state index < -0.39 is 61.4 Å². The number of nitrogens with zero attached hydrogens (tertiary/aromatic N) is 1. The average Bonchev–Trinajstić information content (AvgIpc) is 3.68. The molecule has 6 nitrogen and oxygen atoms in total. The van der Waals surface area contributed by atoms with E-state index in [4.69, 9.17) is 5.73 Å². The predicted molar refractivity (Wildman–Crippen MR) is 120 cm³/mol. The van der Waals surface area contributed by atoms with Crippen molar-refractivity contribution in [3.05, 3.63) is 22.9 Å². The Balaban J connectivity index is 1.51. The Morgan fingerprint density at radius 3 is 2.08 bits per heavy atom. The highest BCUT2D eigenvalue weighted by molar-refractivity contribution is 7.92. The lowest BCUT2D eigenvalue weighted by Gasteiger charge is -2.40. The molecule has 1 heterocycles. The van der Waals surface area contributed by atoms with E-state index in [1.54, 1.807) is 0 Å². The van der Waals surface area contributed by atoms with Crippen LogP contribution in [0.5, 0.6) is 0 Å². The number of pyridine rings is 1. The lowest BCUT2D eigenvalue weighted by atomic mass is 9.70. The van der Waals surface area contributed by atoms with Crippen LogP contribution in [-0.2, 0) is 22.2 Å². The fraction of sp³-hybridized carbons (Fsp3) is 0.739. The molecule has 0 saturated heterocycles. The minimum absolute atomic E-state index is 0.0184. The zero-order valence-electron chi connectivity index (χ0n) is 19.5. The van der Waals surface area contributed by atoms with Crippen LogP contribution < -0.4 is 11.1 Å². The first-order valence-corrected chi connectivity index (χ1v) is 13.8. The van der Waals surface area contributed by atoms with Gasteiger partial charge in [-0.2, -0.15) is 26.3 Å². The highest BCUT2D eigenvalue weighted by atomic mass is 32.2. The van der Waals surface area contributed by atoms with Gasteiger partial charge in [0.15, 0.2) is 9.84 Å². The van der Waals surface area contributed by atoms with Crippen LogP contribution in [0.15, 0.2) is 6.07 Å². The van der Waals surface area contributed by atoms with Gasteiger partial charge in [-0.3, -0.25) is 4.79 Å². The molecule has 36 heavy (non-hydrogen) atoms. The van der Waals surface area contributed by atoms with Gasteiger partial charge in [0, 0.05) is 6.54 Å². The van der Waals surface area contributed by atoms with E-state index in [9.17, 15) is 39.6 Å². The van der Waals surface area contributed by atoms with Crippen molar-refractivity contribution >= 4 is 21.6 Å². The number of nitrogens with two attached hydrogens (primary N) is 1. The number of nitrogen functional groups attached to an aromatic ring is 1. The Labute approximate surface area is 205 Å². The number of rotatable bonds is 8. The third kappa shape index (κ3) is 6.25. The molecule has 1 aromatic rings. The van der Waals surface area contributed by atoms with Gasteiger partial charge in [-0.25, -0.2) is 13.4 Å². The number of anilines is 1. The standard InChI is InChI=1S/C23H29F6N3O3S/c24-22(25,26)16-9-17(23(27,28)29)32-19(30)18(16)20(33)31-12-21(10-13-1-2-13)7-5-15(6-8-21)36(34,35)11-14-3-4-14/h9,13-15H,1-8,10-12H2,(H2,30,32)(H,31,33). The van der Waals surface area contributed by atoms with Crippen molar-refractivity contribution in [2.75, 3.05) is 18.0 Å². The lowest BCUT2D eigenvalue weighted by Crippen LogP contribution is -2.43. The van der Waals surface area contributed by atoms with E-state index in [-0.39, 0.29) is 24.3 Å². The molecule has 3 N–H and O–H groups in total. The summed E-state index contributed by atoms with van der Waals surface area (Å²) in [4.78, 5) is 15.8. The van der Waals surface area contributed by atoms with Gasteiger partial charge in [-0.05, 0) is 68.3 Å². The fourth-order valence-electron chi connectivity index (χ4n) is 5.23. The lowest BCUT2D eigenvalue weighted by molar-refractivity contribution is -0.145. The second-order valence-corrected chi connectivity index (χ2v) is 12.9. The molecule has 0 aromatic carbocycles. The van der Waals surface area contributed by atoms with Crippen LogP contribution in [0.25, 0.3) is 0 Å². The summed E-state index contributed by atoms with van der Waals surface area (Å²) in [6, 6.07) is -0.207. The number of hydrogen-bond donors (Lipinski definition) is 2. The van der Waals surface area contributed by atoms with Crippen molar-refractivity contribution in [3.63, 3.8) is 0 Å². The number of alkyl halides is 6. The number of nitrogens with one attached hydrogen (secondary N) is 1. The second-order valence-electron chi connectivity index (χ2n) is 10.6. The van der Waals surface area contributed by atoms with E-state index >= 15 is 0 Å². The van der Waals surface area contributed by atoms with Crippen molar-refractivity contribution < 1.29 is 39.6 Å². The molecule has 3 fully saturated rings. The molecule has 0 atom stereocenters. The Kier molecular flexibility index (Phi) is 7.02. The molecular weight excluding hydrogens is 512 g/mol. The minimum Gasteiger partial charge on any atom is -0.383 e. The maximum absolute atomic E-state index is 13.6. The third-order valence-electron chi connectivity index (χ3n) is 7.58. The molecule has 0 spiro atoms. The molecule has 0 radical (unpaired) electrons. The normalized spacial score (nSPS) is 25.6. The number of halogens is 6. The topological polar surface area (TPSA) is 102 Å².